The molecule has 1 aromatic carbocycles. The van der Waals surface area contributed by atoms with Crippen LogP contribution in [0.5, 0.6) is 11.5 Å². The molecule has 6 heteroatoms. The summed E-state index contributed by atoms with van der Waals surface area (Å²) in [5, 5.41) is 0. The molecule has 2 heterocycles. The molecule has 0 aromatic heterocycles. The molecule has 0 bridgehead atoms. The van der Waals surface area contributed by atoms with E-state index in [2.05, 4.69) is 11.9 Å². The van der Waals surface area contributed by atoms with Gasteiger partial charge in [-0.05, 0) is 38.1 Å². The van der Waals surface area contributed by atoms with E-state index in [1.807, 2.05) is 17.9 Å². The average Bonchev–Trinajstić information content (AvgIpc) is 2.61. The van der Waals surface area contributed by atoms with Gasteiger partial charge in [0.05, 0.1) is 33.0 Å². The normalized spacial score (nSPS) is 24.4. The molecule has 0 spiro atoms. The van der Waals surface area contributed by atoms with Gasteiger partial charge in [-0.25, -0.2) is 0 Å². The highest BCUT2D eigenvalue weighted by Gasteiger charge is 2.37. The molecule has 2 aliphatic heterocycles. The minimum absolute atomic E-state index is 0.0471. The highest BCUT2D eigenvalue weighted by molar-refractivity contribution is 5.96. The smallest absolute Gasteiger partial charge is 0.254 e. The molecular formula is C18H26N2O4. The lowest BCUT2D eigenvalue weighted by atomic mass is 9.97. The summed E-state index contributed by atoms with van der Waals surface area (Å²) in [6.07, 6.45) is 1.12. The van der Waals surface area contributed by atoms with Crippen LogP contribution in [0.2, 0.25) is 0 Å². The number of aryl methyl sites for hydroxylation is 1. The Bertz CT molecular complexity index is 619. The summed E-state index contributed by atoms with van der Waals surface area (Å²) in [6, 6.07) is 3.91. The number of carbonyl (C=O) groups excluding carboxylic acids is 1. The number of benzene rings is 1. The second kappa shape index (κ2) is 6.99. The number of ether oxygens (including phenoxy) is 3. The maximum Gasteiger partial charge on any atom is 0.254 e. The predicted molar refractivity (Wildman–Crippen MR) is 91.0 cm³/mol. The molecule has 2 saturated heterocycles. The van der Waals surface area contributed by atoms with Crippen LogP contribution in [0.25, 0.3) is 0 Å². The maximum absolute atomic E-state index is 13.0. The number of carbonyl (C=O) groups is 1. The van der Waals surface area contributed by atoms with Gasteiger partial charge in [-0.2, -0.15) is 0 Å². The van der Waals surface area contributed by atoms with Crippen molar-refractivity contribution in [1.29, 1.82) is 0 Å². The van der Waals surface area contributed by atoms with Gasteiger partial charge in [0.15, 0.2) is 11.5 Å². The summed E-state index contributed by atoms with van der Waals surface area (Å²) in [5.41, 5.74) is 1.57. The Kier molecular flexibility index (Phi) is 4.96. The molecule has 0 saturated carbocycles. The lowest BCUT2D eigenvalue weighted by Gasteiger charge is -2.45. The van der Waals surface area contributed by atoms with Crippen LogP contribution in [0.1, 0.15) is 22.3 Å². The standard InChI is InChI=1S/C18H26N2O4/c1-12-9-16(22-3)17(23-4)10-13(12)18(21)20-6-5-15-14(11-20)19(2)7-8-24-15/h9-10,14-15H,5-8,11H2,1-4H3/t14-,15-/m1/s1. The number of rotatable bonds is 3. The monoisotopic (exact) mass is 334 g/mol. The average molecular weight is 334 g/mol. The third-order valence-corrected chi connectivity index (χ3v) is 5.11. The molecule has 1 amide bonds. The van der Waals surface area contributed by atoms with E-state index in [4.69, 9.17) is 14.2 Å². The van der Waals surface area contributed by atoms with Crippen molar-refractivity contribution in [3.63, 3.8) is 0 Å². The Morgan fingerprint density at radius 1 is 1.21 bits per heavy atom. The highest BCUT2D eigenvalue weighted by atomic mass is 16.5. The largest absolute Gasteiger partial charge is 0.493 e. The van der Waals surface area contributed by atoms with E-state index in [0.717, 1.165) is 31.7 Å². The van der Waals surface area contributed by atoms with Gasteiger partial charge in [-0.15, -0.1) is 0 Å². The number of hydrogen-bond acceptors (Lipinski definition) is 5. The molecule has 6 nitrogen and oxygen atoms in total. The Labute approximate surface area is 143 Å². The van der Waals surface area contributed by atoms with Crippen LogP contribution in [-0.4, -0.2) is 75.4 Å². The summed E-state index contributed by atoms with van der Waals surface area (Å²) < 4.78 is 16.5. The third-order valence-electron chi connectivity index (χ3n) is 5.11. The number of methoxy groups -OCH3 is 2. The Morgan fingerprint density at radius 2 is 1.92 bits per heavy atom. The number of amides is 1. The number of likely N-dealkylation sites (tertiary alicyclic amines) is 1. The molecule has 0 radical (unpaired) electrons. The van der Waals surface area contributed by atoms with Crippen LogP contribution in [-0.2, 0) is 4.74 Å². The van der Waals surface area contributed by atoms with Gasteiger partial charge < -0.3 is 19.1 Å². The number of nitrogens with zero attached hydrogens (tertiary/aromatic N) is 2. The van der Waals surface area contributed by atoms with Crippen LogP contribution in [0.4, 0.5) is 0 Å². The van der Waals surface area contributed by atoms with Crippen molar-refractivity contribution in [3.05, 3.63) is 23.3 Å². The first-order valence-corrected chi connectivity index (χ1v) is 8.39. The minimum atomic E-state index is 0.0471. The summed E-state index contributed by atoms with van der Waals surface area (Å²) in [7, 11) is 5.29. The van der Waals surface area contributed by atoms with Gasteiger partial charge in [0.25, 0.3) is 5.91 Å². The lowest BCUT2D eigenvalue weighted by molar-refractivity contribution is -0.0893. The SMILES string of the molecule is COc1cc(C)c(C(=O)N2CC[C@H]3OCCN(C)[C@@H]3C2)cc1OC. The second-order valence-electron chi connectivity index (χ2n) is 6.52. The van der Waals surface area contributed by atoms with Gasteiger partial charge in [0, 0.05) is 25.2 Å². The van der Waals surface area contributed by atoms with Crippen molar-refractivity contribution in [2.45, 2.75) is 25.5 Å². The quantitative estimate of drug-likeness (QED) is 0.840. The molecule has 3 rings (SSSR count). The van der Waals surface area contributed by atoms with Crippen molar-refractivity contribution in [3.8, 4) is 11.5 Å². The number of piperidine rings is 1. The molecule has 0 unspecified atom stereocenters. The van der Waals surface area contributed by atoms with Crippen molar-refractivity contribution in [2.24, 2.45) is 0 Å². The van der Waals surface area contributed by atoms with Crippen LogP contribution in [0, 0.1) is 6.92 Å². The third kappa shape index (κ3) is 3.08. The van der Waals surface area contributed by atoms with Crippen LogP contribution < -0.4 is 9.47 Å². The Morgan fingerprint density at radius 3 is 2.62 bits per heavy atom. The predicted octanol–water partition coefficient (Wildman–Crippen LogP) is 1.56. The van der Waals surface area contributed by atoms with Crippen LogP contribution in [0.3, 0.4) is 0 Å². The first kappa shape index (κ1) is 17.0. The molecular weight excluding hydrogens is 308 g/mol. The molecule has 24 heavy (non-hydrogen) atoms. The molecule has 2 atom stereocenters. The number of hydrogen-bond donors (Lipinski definition) is 0. The van der Waals surface area contributed by atoms with Gasteiger partial charge >= 0.3 is 0 Å². The van der Waals surface area contributed by atoms with Gasteiger partial charge in [-0.3, -0.25) is 9.69 Å². The van der Waals surface area contributed by atoms with Gasteiger partial charge in [0.1, 0.15) is 0 Å². The fraction of sp³-hybridized carbons (Fsp3) is 0.611. The summed E-state index contributed by atoms with van der Waals surface area (Å²) in [5.74, 6) is 1.27. The number of fused-ring (bicyclic) bond motifs is 1. The molecule has 2 aliphatic rings. The zero-order valence-electron chi connectivity index (χ0n) is 14.9. The summed E-state index contributed by atoms with van der Waals surface area (Å²) in [6.45, 7) is 5.05. The van der Waals surface area contributed by atoms with Crippen LogP contribution >= 0.6 is 0 Å². The fourth-order valence-electron chi connectivity index (χ4n) is 3.61. The number of likely N-dealkylation sites (N-methyl/N-ethyl adjacent to an activating group) is 1. The van der Waals surface area contributed by atoms with Gasteiger partial charge in [0.2, 0.25) is 0 Å². The number of morpholine rings is 1. The van der Waals surface area contributed by atoms with E-state index < -0.39 is 0 Å². The molecule has 1 aromatic rings. The minimum Gasteiger partial charge on any atom is -0.493 e. The molecule has 2 fully saturated rings. The van der Waals surface area contributed by atoms with Gasteiger partial charge in [-0.1, -0.05) is 0 Å². The first-order chi connectivity index (χ1) is 11.5. The topological polar surface area (TPSA) is 51.2 Å². The zero-order chi connectivity index (χ0) is 17.3. The van der Waals surface area contributed by atoms with E-state index in [0.29, 0.717) is 23.6 Å². The Hall–Kier alpha value is -1.79. The van der Waals surface area contributed by atoms with E-state index in [-0.39, 0.29) is 18.1 Å². The van der Waals surface area contributed by atoms with E-state index >= 15 is 0 Å². The summed E-state index contributed by atoms with van der Waals surface area (Å²) >= 11 is 0. The first-order valence-electron chi connectivity index (χ1n) is 8.39. The highest BCUT2D eigenvalue weighted by Crippen LogP contribution is 2.31. The van der Waals surface area contributed by atoms with Crippen LogP contribution in [0.15, 0.2) is 12.1 Å². The maximum atomic E-state index is 13.0. The van der Waals surface area contributed by atoms with Crippen molar-refractivity contribution in [1.82, 2.24) is 9.80 Å². The fourth-order valence-corrected chi connectivity index (χ4v) is 3.61. The zero-order valence-corrected chi connectivity index (χ0v) is 14.9. The van der Waals surface area contributed by atoms with Crippen molar-refractivity contribution >= 4 is 5.91 Å². The van der Waals surface area contributed by atoms with E-state index in [1.54, 1.807) is 20.3 Å². The molecule has 0 N–H and O–H groups in total. The van der Waals surface area contributed by atoms with E-state index in [1.165, 1.54) is 0 Å². The second-order valence-corrected chi connectivity index (χ2v) is 6.52. The van der Waals surface area contributed by atoms with Crippen molar-refractivity contribution in [2.75, 3.05) is 47.5 Å². The Balaban J connectivity index is 1.81. The molecule has 132 valence electrons. The summed E-state index contributed by atoms with van der Waals surface area (Å²) in [4.78, 5) is 17.3. The lowest BCUT2D eigenvalue weighted by Crippen LogP contribution is -2.59. The molecule has 0 aliphatic carbocycles. The van der Waals surface area contributed by atoms with Crippen molar-refractivity contribution < 1.29 is 19.0 Å². The van der Waals surface area contributed by atoms with E-state index in [9.17, 15) is 4.79 Å².